The fourth-order valence-corrected chi connectivity index (χ4v) is 5.52. The Kier molecular flexibility index (Phi) is 3.93. The molecule has 3 aromatic carbocycles. The van der Waals surface area contributed by atoms with Crippen LogP contribution >= 0.6 is 0 Å². The number of pyridine rings is 1. The number of rotatable bonds is 1. The van der Waals surface area contributed by atoms with Gasteiger partial charge in [0.25, 0.3) is 0 Å². The van der Waals surface area contributed by atoms with Crippen molar-refractivity contribution >= 4 is 50.1 Å². The van der Waals surface area contributed by atoms with Crippen LogP contribution in [0.4, 0.5) is 0 Å². The zero-order chi connectivity index (χ0) is 23.6. The molecular weight excluding hydrogens is 442 g/mol. The van der Waals surface area contributed by atoms with E-state index in [4.69, 9.17) is 9.98 Å². The number of aliphatic imine (C=N–C) groups is 1. The standard InChI is InChI=1S/C31H21N5/c1-2-10-20(11-3-1)30-22-13-4-6-14-24(22)33-31(34-30)36-26-16-8-5-12-21(26)23-18-29-32-25-15-7-9-17-27(25)35(29)19-28(23)36/h1-19,24H,(H,33,34). The van der Waals surface area contributed by atoms with Gasteiger partial charge in [0, 0.05) is 28.1 Å². The molecule has 1 aliphatic carbocycles. The Morgan fingerprint density at radius 2 is 1.56 bits per heavy atom. The summed E-state index contributed by atoms with van der Waals surface area (Å²) in [4.78, 5) is 10.1. The summed E-state index contributed by atoms with van der Waals surface area (Å²) >= 11 is 0. The predicted octanol–water partition coefficient (Wildman–Crippen LogP) is 6.31. The summed E-state index contributed by atoms with van der Waals surface area (Å²) in [6.45, 7) is 0. The van der Waals surface area contributed by atoms with Crippen molar-refractivity contribution in [3.63, 3.8) is 0 Å². The molecule has 5 heteroatoms. The zero-order valence-electron chi connectivity index (χ0n) is 19.3. The fourth-order valence-electron chi connectivity index (χ4n) is 5.52. The largest absolute Gasteiger partial charge is 0.345 e. The number of hydrogen-bond acceptors (Lipinski definition) is 3. The number of allylic oxidation sites excluding steroid dienone is 2. The van der Waals surface area contributed by atoms with Crippen LogP contribution < -0.4 is 5.32 Å². The molecule has 0 saturated carbocycles. The number of imidazole rings is 1. The van der Waals surface area contributed by atoms with E-state index in [9.17, 15) is 0 Å². The van der Waals surface area contributed by atoms with Crippen molar-refractivity contribution in [3.05, 3.63) is 127 Å². The second kappa shape index (κ2) is 7.30. The third-order valence-corrected chi connectivity index (χ3v) is 7.16. The topological polar surface area (TPSA) is 46.6 Å². The molecule has 8 rings (SSSR count). The van der Waals surface area contributed by atoms with Crippen LogP contribution in [0.3, 0.4) is 0 Å². The average Bonchev–Trinajstić information content (AvgIpc) is 3.46. The summed E-state index contributed by atoms with van der Waals surface area (Å²) in [7, 11) is 0. The second-order valence-corrected chi connectivity index (χ2v) is 9.23. The molecule has 0 amide bonds. The van der Waals surface area contributed by atoms with Gasteiger partial charge in [-0.05, 0) is 24.3 Å². The van der Waals surface area contributed by atoms with Crippen LogP contribution in [0.25, 0.3) is 44.2 Å². The summed E-state index contributed by atoms with van der Waals surface area (Å²) in [5, 5.41) is 6.06. The lowest BCUT2D eigenvalue weighted by molar-refractivity contribution is 0.805. The zero-order valence-corrected chi connectivity index (χ0v) is 19.3. The molecule has 1 aliphatic heterocycles. The van der Waals surface area contributed by atoms with Crippen LogP contribution in [0, 0.1) is 0 Å². The van der Waals surface area contributed by atoms with Crippen molar-refractivity contribution in [3.8, 4) is 0 Å². The van der Waals surface area contributed by atoms with Crippen molar-refractivity contribution in [2.75, 3.05) is 0 Å². The smallest absolute Gasteiger partial charge is 0.209 e. The van der Waals surface area contributed by atoms with Crippen LogP contribution in [0.2, 0.25) is 0 Å². The quantitative estimate of drug-likeness (QED) is 0.311. The van der Waals surface area contributed by atoms with E-state index in [1.165, 1.54) is 11.0 Å². The van der Waals surface area contributed by atoms with Crippen molar-refractivity contribution in [1.82, 2.24) is 19.3 Å². The highest BCUT2D eigenvalue weighted by molar-refractivity contribution is 6.15. The van der Waals surface area contributed by atoms with Gasteiger partial charge >= 0.3 is 0 Å². The molecular formula is C31H21N5. The van der Waals surface area contributed by atoms with E-state index in [-0.39, 0.29) is 6.04 Å². The first kappa shape index (κ1) is 19.4. The molecule has 0 saturated heterocycles. The third-order valence-electron chi connectivity index (χ3n) is 7.16. The van der Waals surface area contributed by atoms with Gasteiger partial charge in [0.15, 0.2) is 0 Å². The first-order valence-corrected chi connectivity index (χ1v) is 12.2. The third kappa shape index (κ3) is 2.71. The predicted molar refractivity (Wildman–Crippen MR) is 147 cm³/mol. The number of para-hydroxylation sites is 3. The van der Waals surface area contributed by atoms with Gasteiger partial charge in [-0.15, -0.1) is 0 Å². The van der Waals surface area contributed by atoms with Gasteiger partial charge < -0.3 is 5.32 Å². The van der Waals surface area contributed by atoms with Crippen molar-refractivity contribution in [1.29, 1.82) is 0 Å². The summed E-state index contributed by atoms with van der Waals surface area (Å²) in [6, 6.07) is 29.5. The first-order chi connectivity index (χ1) is 17.8. The van der Waals surface area contributed by atoms with E-state index >= 15 is 0 Å². The van der Waals surface area contributed by atoms with Crippen molar-refractivity contribution in [2.24, 2.45) is 4.99 Å². The van der Waals surface area contributed by atoms with Gasteiger partial charge in [-0.3, -0.25) is 8.97 Å². The van der Waals surface area contributed by atoms with E-state index in [0.717, 1.165) is 50.3 Å². The highest BCUT2D eigenvalue weighted by atomic mass is 15.2. The number of nitrogens with one attached hydrogen (secondary N) is 1. The maximum atomic E-state index is 5.25. The molecule has 1 N–H and O–H groups in total. The lowest BCUT2D eigenvalue weighted by Gasteiger charge is -2.28. The van der Waals surface area contributed by atoms with Gasteiger partial charge in [-0.1, -0.05) is 85.0 Å². The average molecular weight is 464 g/mol. The second-order valence-electron chi connectivity index (χ2n) is 9.23. The molecule has 2 aliphatic rings. The number of hydrogen-bond donors (Lipinski definition) is 1. The molecule has 0 spiro atoms. The van der Waals surface area contributed by atoms with E-state index in [0.29, 0.717) is 0 Å². The number of aromatic nitrogens is 3. The maximum Gasteiger partial charge on any atom is 0.209 e. The Morgan fingerprint density at radius 1 is 0.750 bits per heavy atom. The number of nitrogens with zero attached hydrogens (tertiary/aromatic N) is 4. The Bertz CT molecular complexity index is 1960. The van der Waals surface area contributed by atoms with E-state index in [2.05, 4.69) is 118 Å². The van der Waals surface area contributed by atoms with Gasteiger partial charge in [0.1, 0.15) is 5.65 Å². The Balaban J connectivity index is 1.46. The van der Waals surface area contributed by atoms with Crippen LogP contribution in [-0.4, -0.2) is 26.0 Å². The molecule has 1 unspecified atom stereocenters. The van der Waals surface area contributed by atoms with E-state index in [1.807, 2.05) is 12.1 Å². The van der Waals surface area contributed by atoms with Crippen molar-refractivity contribution in [2.45, 2.75) is 6.04 Å². The molecule has 1 atom stereocenters. The molecule has 4 heterocycles. The highest BCUT2D eigenvalue weighted by Gasteiger charge is 2.26. The normalized spacial score (nSPS) is 17.2. The van der Waals surface area contributed by atoms with Crippen molar-refractivity contribution < 1.29 is 0 Å². The fraction of sp³-hybridized carbons (Fsp3) is 0.0323. The monoisotopic (exact) mass is 463 g/mol. The summed E-state index contributed by atoms with van der Waals surface area (Å²) in [6.07, 6.45) is 10.7. The Labute approximate surface area is 207 Å². The maximum absolute atomic E-state index is 5.25. The van der Waals surface area contributed by atoms with Gasteiger partial charge in [0.2, 0.25) is 5.96 Å². The first-order valence-electron chi connectivity index (χ1n) is 12.2. The number of benzene rings is 3. The molecule has 3 aromatic heterocycles. The van der Waals surface area contributed by atoms with Crippen LogP contribution in [0.5, 0.6) is 0 Å². The minimum atomic E-state index is 0.0479. The van der Waals surface area contributed by atoms with Crippen LogP contribution in [0.15, 0.2) is 126 Å². The summed E-state index contributed by atoms with van der Waals surface area (Å²) in [5.41, 5.74) is 8.51. The Hall–Kier alpha value is -4.90. The molecule has 0 radical (unpaired) electrons. The van der Waals surface area contributed by atoms with Crippen LogP contribution in [0.1, 0.15) is 5.56 Å². The SMILES string of the molecule is C1=CC2=C(c3ccccc3)N=C(n3c4ccccc4c4cc5nc6ccccc6n5cc43)NC2C=C1. The highest BCUT2D eigenvalue weighted by Crippen LogP contribution is 2.34. The molecule has 6 aromatic rings. The van der Waals surface area contributed by atoms with Gasteiger partial charge in [-0.25, -0.2) is 9.98 Å². The molecule has 0 fully saturated rings. The lowest BCUT2D eigenvalue weighted by Crippen LogP contribution is -2.42. The summed E-state index contributed by atoms with van der Waals surface area (Å²) < 4.78 is 4.43. The van der Waals surface area contributed by atoms with Crippen LogP contribution in [-0.2, 0) is 0 Å². The Morgan fingerprint density at radius 3 is 2.47 bits per heavy atom. The minimum absolute atomic E-state index is 0.0479. The van der Waals surface area contributed by atoms with Gasteiger partial charge in [0.05, 0.1) is 33.8 Å². The molecule has 170 valence electrons. The lowest BCUT2D eigenvalue weighted by atomic mass is 9.95. The summed E-state index contributed by atoms with van der Waals surface area (Å²) in [5.74, 6) is 0.817. The molecule has 0 bridgehead atoms. The van der Waals surface area contributed by atoms with Gasteiger partial charge in [-0.2, -0.15) is 0 Å². The molecule has 5 nitrogen and oxygen atoms in total. The number of fused-ring (bicyclic) bond motifs is 7. The van der Waals surface area contributed by atoms with E-state index in [1.54, 1.807) is 0 Å². The van der Waals surface area contributed by atoms with E-state index < -0.39 is 0 Å². The minimum Gasteiger partial charge on any atom is -0.345 e. The molecule has 36 heavy (non-hydrogen) atoms.